The van der Waals surface area contributed by atoms with Gasteiger partial charge in [0.1, 0.15) is 0 Å². The Morgan fingerprint density at radius 2 is 1.71 bits per heavy atom. The number of fused-ring (bicyclic) bond motifs is 1. The van der Waals surface area contributed by atoms with Gasteiger partial charge in [-0.1, -0.05) is 61.5 Å². The number of hydrogen-bond donors (Lipinski definition) is 0. The average Bonchev–Trinajstić information content (AvgIpc) is 2.39. The third-order valence-electron chi connectivity index (χ3n) is 3.37. The van der Waals surface area contributed by atoms with Crippen molar-refractivity contribution in [2.75, 3.05) is 0 Å². The number of benzene rings is 2. The van der Waals surface area contributed by atoms with Crippen molar-refractivity contribution < 1.29 is 0 Å². The van der Waals surface area contributed by atoms with E-state index in [0.29, 0.717) is 5.92 Å². The van der Waals surface area contributed by atoms with Gasteiger partial charge < -0.3 is 0 Å². The van der Waals surface area contributed by atoms with Gasteiger partial charge in [0, 0.05) is 0 Å². The van der Waals surface area contributed by atoms with Crippen molar-refractivity contribution in [3.8, 4) is 11.1 Å². The Hall–Kier alpha value is -1.82. The molecule has 0 N–H and O–H groups in total. The summed E-state index contributed by atoms with van der Waals surface area (Å²) in [6.07, 6.45) is 5.88. The summed E-state index contributed by atoms with van der Waals surface area (Å²) in [6.45, 7) is 2.27. The fraction of sp³-hybridized carbons (Fsp3) is 0.176. The zero-order valence-corrected chi connectivity index (χ0v) is 10.1. The first kappa shape index (κ1) is 10.3. The molecule has 0 heterocycles. The van der Waals surface area contributed by atoms with Crippen LogP contribution in [-0.4, -0.2) is 0 Å². The molecule has 1 aliphatic carbocycles. The van der Waals surface area contributed by atoms with Crippen LogP contribution in [0.1, 0.15) is 13.3 Å². The Morgan fingerprint density at radius 1 is 0.882 bits per heavy atom. The van der Waals surface area contributed by atoms with Gasteiger partial charge in [0.15, 0.2) is 0 Å². The summed E-state index contributed by atoms with van der Waals surface area (Å²) >= 11 is 0. The summed E-state index contributed by atoms with van der Waals surface area (Å²) in [5.74, 6) is 0.671. The minimum absolute atomic E-state index is 0.671. The van der Waals surface area contributed by atoms with E-state index in [0.717, 1.165) is 6.42 Å². The van der Waals surface area contributed by atoms with Crippen LogP contribution in [-0.2, 0) is 0 Å². The first-order valence-corrected chi connectivity index (χ1v) is 6.20. The highest BCUT2D eigenvalue weighted by atomic mass is 14.1. The minimum Gasteiger partial charge on any atom is -0.0761 e. The molecule has 0 spiro atoms. The summed E-state index contributed by atoms with van der Waals surface area (Å²) in [7, 11) is 0. The molecule has 0 saturated heterocycles. The van der Waals surface area contributed by atoms with Gasteiger partial charge >= 0.3 is 0 Å². The summed E-state index contributed by atoms with van der Waals surface area (Å²) in [5.41, 5.74) is 2.60. The lowest BCUT2D eigenvalue weighted by Crippen LogP contribution is -2.28. The lowest BCUT2D eigenvalue weighted by molar-refractivity contribution is 0.800. The van der Waals surface area contributed by atoms with Crippen molar-refractivity contribution in [1.29, 1.82) is 0 Å². The van der Waals surface area contributed by atoms with E-state index in [4.69, 9.17) is 0 Å². The summed E-state index contributed by atoms with van der Waals surface area (Å²) < 4.78 is 0. The van der Waals surface area contributed by atoms with Gasteiger partial charge in [-0.25, -0.2) is 0 Å². The summed E-state index contributed by atoms with van der Waals surface area (Å²) in [6, 6.07) is 17.3. The fourth-order valence-corrected chi connectivity index (χ4v) is 2.40. The molecular weight excluding hydrogens is 204 g/mol. The van der Waals surface area contributed by atoms with Gasteiger partial charge in [-0.3, -0.25) is 0 Å². The molecule has 0 radical (unpaired) electrons. The monoisotopic (exact) mass is 220 g/mol. The maximum absolute atomic E-state index is 2.37. The van der Waals surface area contributed by atoms with E-state index in [1.54, 1.807) is 0 Å². The summed E-state index contributed by atoms with van der Waals surface area (Å²) in [4.78, 5) is 0. The molecule has 1 atom stereocenters. The van der Waals surface area contributed by atoms with Gasteiger partial charge in [-0.2, -0.15) is 0 Å². The van der Waals surface area contributed by atoms with Crippen LogP contribution in [0, 0.1) is 5.92 Å². The van der Waals surface area contributed by atoms with Gasteiger partial charge in [0.25, 0.3) is 0 Å². The highest BCUT2D eigenvalue weighted by molar-refractivity contribution is 5.64. The zero-order chi connectivity index (χ0) is 11.7. The molecule has 3 rings (SSSR count). The molecule has 84 valence electrons. The topological polar surface area (TPSA) is 0 Å². The van der Waals surface area contributed by atoms with E-state index in [2.05, 4.69) is 67.6 Å². The molecule has 0 nitrogen and oxygen atoms in total. The lowest BCUT2D eigenvalue weighted by atomic mass is 9.96. The number of rotatable bonds is 1. The Kier molecular flexibility index (Phi) is 2.56. The van der Waals surface area contributed by atoms with Crippen LogP contribution < -0.4 is 10.4 Å². The Balaban J connectivity index is 2.15. The van der Waals surface area contributed by atoms with E-state index >= 15 is 0 Å². The first-order valence-electron chi connectivity index (χ1n) is 6.20. The zero-order valence-electron chi connectivity index (χ0n) is 10.1. The number of hydrogen-bond acceptors (Lipinski definition) is 0. The second kappa shape index (κ2) is 4.21. The summed E-state index contributed by atoms with van der Waals surface area (Å²) in [5, 5.41) is 2.76. The van der Waals surface area contributed by atoms with Crippen molar-refractivity contribution in [2.45, 2.75) is 13.3 Å². The third kappa shape index (κ3) is 2.03. The second-order valence-electron chi connectivity index (χ2n) is 4.79. The van der Waals surface area contributed by atoms with Crippen molar-refractivity contribution in [3.63, 3.8) is 0 Å². The lowest BCUT2D eigenvalue weighted by Gasteiger charge is -2.09. The first-order chi connectivity index (χ1) is 8.33. The standard InChI is InChI=1S/C17H16/c1-13-7-8-17-12-16(10-9-15(17)11-13)14-5-3-2-4-6-14/h2-6,8-13H,7H2,1H3. The van der Waals surface area contributed by atoms with Crippen molar-refractivity contribution in [1.82, 2.24) is 0 Å². The molecular formula is C17H16. The SMILES string of the molecule is CC1C=c2ccc(-c3ccccc3)cc2=CC1. The van der Waals surface area contributed by atoms with Crippen molar-refractivity contribution in [2.24, 2.45) is 5.92 Å². The molecule has 17 heavy (non-hydrogen) atoms. The predicted molar refractivity (Wildman–Crippen MR) is 73.8 cm³/mol. The Bertz CT molecular complexity index is 635. The molecule has 2 aromatic carbocycles. The maximum Gasteiger partial charge on any atom is -0.0178 e. The van der Waals surface area contributed by atoms with E-state index < -0.39 is 0 Å². The van der Waals surface area contributed by atoms with Gasteiger partial charge in [-0.05, 0) is 40.0 Å². The molecule has 1 aliphatic rings. The molecule has 2 aromatic rings. The van der Waals surface area contributed by atoms with Crippen molar-refractivity contribution >= 4 is 12.2 Å². The van der Waals surface area contributed by atoms with Crippen LogP contribution in [0.15, 0.2) is 48.5 Å². The van der Waals surface area contributed by atoms with Crippen LogP contribution in [0.5, 0.6) is 0 Å². The second-order valence-corrected chi connectivity index (χ2v) is 4.79. The van der Waals surface area contributed by atoms with Crippen molar-refractivity contribution in [3.05, 3.63) is 59.0 Å². The van der Waals surface area contributed by atoms with Crippen LogP contribution in [0.3, 0.4) is 0 Å². The van der Waals surface area contributed by atoms with E-state index in [-0.39, 0.29) is 0 Å². The fourth-order valence-electron chi connectivity index (χ4n) is 2.40. The van der Waals surface area contributed by atoms with E-state index in [1.807, 2.05) is 0 Å². The van der Waals surface area contributed by atoms with E-state index in [1.165, 1.54) is 21.6 Å². The molecule has 0 aromatic heterocycles. The largest absolute Gasteiger partial charge is 0.0761 e. The molecule has 0 fully saturated rings. The molecule has 0 heteroatoms. The molecule has 0 amide bonds. The smallest absolute Gasteiger partial charge is 0.0178 e. The Morgan fingerprint density at radius 3 is 2.53 bits per heavy atom. The van der Waals surface area contributed by atoms with Crippen LogP contribution in [0.25, 0.3) is 23.3 Å². The van der Waals surface area contributed by atoms with Crippen LogP contribution >= 0.6 is 0 Å². The van der Waals surface area contributed by atoms with Crippen LogP contribution in [0.4, 0.5) is 0 Å². The van der Waals surface area contributed by atoms with Crippen LogP contribution in [0.2, 0.25) is 0 Å². The molecule has 0 bridgehead atoms. The van der Waals surface area contributed by atoms with Gasteiger partial charge in [0.2, 0.25) is 0 Å². The molecule has 1 unspecified atom stereocenters. The molecule has 0 saturated carbocycles. The van der Waals surface area contributed by atoms with E-state index in [9.17, 15) is 0 Å². The highest BCUT2D eigenvalue weighted by Gasteiger charge is 2.02. The quantitative estimate of drug-likeness (QED) is 0.693. The average molecular weight is 220 g/mol. The maximum atomic E-state index is 2.37. The van der Waals surface area contributed by atoms with Gasteiger partial charge in [0.05, 0.1) is 0 Å². The highest BCUT2D eigenvalue weighted by Crippen LogP contribution is 2.16. The minimum atomic E-state index is 0.671. The predicted octanol–water partition coefficient (Wildman–Crippen LogP) is 2.95. The third-order valence-corrected chi connectivity index (χ3v) is 3.37. The van der Waals surface area contributed by atoms with Gasteiger partial charge in [-0.15, -0.1) is 0 Å². The normalized spacial score (nSPS) is 17.8. The Labute approximate surface area is 102 Å². The molecule has 0 aliphatic heterocycles.